The predicted molar refractivity (Wildman–Crippen MR) is 57.7 cm³/mol. The van der Waals surface area contributed by atoms with Crippen LogP contribution in [-0.2, 0) is 0 Å². The maximum absolute atomic E-state index is 5.56. The molecule has 0 saturated heterocycles. The van der Waals surface area contributed by atoms with E-state index in [1.54, 1.807) is 11.1 Å². The summed E-state index contributed by atoms with van der Waals surface area (Å²) in [7, 11) is 0. The van der Waals surface area contributed by atoms with Crippen LogP contribution in [0.3, 0.4) is 0 Å². The zero-order chi connectivity index (χ0) is 9.84. The minimum Gasteiger partial charge on any atom is -0.330 e. The highest BCUT2D eigenvalue weighted by atomic mass is 15.2. The highest BCUT2D eigenvalue weighted by molar-refractivity contribution is 5.15. The molecule has 0 aromatic heterocycles. The lowest BCUT2D eigenvalue weighted by Crippen LogP contribution is -2.39. The summed E-state index contributed by atoms with van der Waals surface area (Å²) in [5.41, 5.74) is 8.69. The summed E-state index contributed by atoms with van der Waals surface area (Å²) in [6.07, 6.45) is 2.35. The van der Waals surface area contributed by atoms with Crippen molar-refractivity contribution in [1.82, 2.24) is 4.90 Å². The second kappa shape index (κ2) is 4.77. The lowest BCUT2D eigenvalue weighted by molar-refractivity contribution is 0.210. The lowest BCUT2D eigenvalue weighted by Gasteiger charge is -2.33. The fourth-order valence-electron chi connectivity index (χ4n) is 1.84. The maximum Gasteiger partial charge on any atom is 0.0195 e. The summed E-state index contributed by atoms with van der Waals surface area (Å²) in [5.74, 6) is 0. The van der Waals surface area contributed by atoms with Crippen molar-refractivity contribution in [1.29, 1.82) is 0 Å². The van der Waals surface area contributed by atoms with Crippen LogP contribution in [-0.4, -0.2) is 30.6 Å². The smallest absolute Gasteiger partial charge is 0.0195 e. The van der Waals surface area contributed by atoms with E-state index in [1.807, 2.05) is 0 Å². The van der Waals surface area contributed by atoms with E-state index in [-0.39, 0.29) is 0 Å². The summed E-state index contributed by atoms with van der Waals surface area (Å²) in [6, 6.07) is 0.646. The molecule has 1 aliphatic heterocycles. The molecule has 2 nitrogen and oxygen atoms in total. The molecule has 0 saturated carbocycles. The first-order valence-electron chi connectivity index (χ1n) is 5.24. The maximum atomic E-state index is 5.56. The van der Waals surface area contributed by atoms with Gasteiger partial charge < -0.3 is 5.73 Å². The Kier molecular flexibility index (Phi) is 3.94. The second-order valence-corrected chi connectivity index (χ2v) is 4.21. The SMILES string of the molecule is CC1=C(C)CN(C(C)CCN)CC1. The molecular formula is C11H22N2. The third kappa shape index (κ3) is 2.82. The number of rotatable bonds is 3. The Bertz CT molecular complexity index is 196. The number of nitrogens with two attached hydrogens (primary N) is 1. The van der Waals surface area contributed by atoms with E-state index < -0.39 is 0 Å². The molecule has 1 rings (SSSR count). The van der Waals surface area contributed by atoms with Crippen LogP contribution in [0.25, 0.3) is 0 Å². The van der Waals surface area contributed by atoms with Crippen molar-refractivity contribution in [3.05, 3.63) is 11.1 Å². The van der Waals surface area contributed by atoms with Gasteiger partial charge in [0.25, 0.3) is 0 Å². The molecule has 0 radical (unpaired) electrons. The van der Waals surface area contributed by atoms with Crippen molar-refractivity contribution >= 4 is 0 Å². The Morgan fingerprint density at radius 2 is 2.08 bits per heavy atom. The van der Waals surface area contributed by atoms with Crippen LogP contribution >= 0.6 is 0 Å². The molecule has 0 fully saturated rings. The van der Waals surface area contributed by atoms with Gasteiger partial charge in [-0.15, -0.1) is 0 Å². The molecule has 0 aliphatic carbocycles. The zero-order valence-corrected chi connectivity index (χ0v) is 9.14. The molecule has 0 aromatic carbocycles. The van der Waals surface area contributed by atoms with Gasteiger partial charge in [-0.3, -0.25) is 4.90 Å². The zero-order valence-electron chi connectivity index (χ0n) is 9.14. The van der Waals surface area contributed by atoms with Crippen molar-refractivity contribution in [2.75, 3.05) is 19.6 Å². The molecule has 2 heteroatoms. The van der Waals surface area contributed by atoms with E-state index in [1.165, 1.54) is 13.0 Å². The molecule has 1 aliphatic rings. The summed E-state index contributed by atoms with van der Waals surface area (Å²) in [6.45, 7) is 9.94. The molecule has 0 spiro atoms. The Balaban J connectivity index is 2.48. The van der Waals surface area contributed by atoms with Gasteiger partial charge >= 0.3 is 0 Å². The van der Waals surface area contributed by atoms with Gasteiger partial charge in [0.2, 0.25) is 0 Å². The van der Waals surface area contributed by atoms with E-state index in [9.17, 15) is 0 Å². The second-order valence-electron chi connectivity index (χ2n) is 4.21. The van der Waals surface area contributed by atoms with E-state index >= 15 is 0 Å². The minimum atomic E-state index is 0.646. The third-order valence-corrected chi connectivity index (χ3v) is 3.15. The fourth-order valence-corrected chi connectivity index (χ4v) is 1.84. The number of hydrogen-bond donors (Lipinski definition) is 1. The molecule has 1 unspecified atom stereocenters. The molecule has 2 N–H and O–H groups in total. The van der Waals surface area contributed by atoms with Crippen LogP contribution < -0.4 is 5.73 Å². The molecular weight excluding hydrogens is 160 g/mol. The van der Waals surface area contributed by atoms with Gasteiger partial charge in [0, 0.05) is 19.1 Å². The van der Waals surface area contributed by atoms with E-state index in [2.05, 4.69) is 25.7 Å². The molecule has 13 heavy (non-hydrogen) atoms. The van der Waals surface area contributed by atoms with Crippen molar-refractivity contribution < 1.29 is 0 Å². The van der Waals surface area contributed by atoms with Gasteiger partial charge in [0.1, 0.15) is 0 Å². The monoisotopic (exact) mass is 182 g/mol. The number of nitrogens with zero attached hydrogens (tertiary/aromatic N) is 1. The van der Waals surface area contributed by atoms with E-state index in [0.717, 1.165) is 19.5 Å². The van der Waals surface area contributed by atoms with Crippen molar-refractivity contribution in [2.24, 2.45) is 5.73 Å². The third-order valence-electron chi connectivity index (χ3n) is 3.15. The highest BCUT2D eigenvalue weighted by Crippen LogP contribution is 2.19. The van der Waals surface area contributed by atoms with Crippen molar-refractivity contribution in [3.8, 4) is 0 Å². The van der Waals surface area contributed by atoms with Crippen LogP contribution in [0.1, 0.15) is 33.6 Å². The highest BCUT2D eigenvalue weighted by Gasteiger charge is 2.17. The quantitative estimate of drug-likeness (QED) is 0.674. The van der Waals surface area contributed by atoms with Crippen molar-refractivity contribution in [3.63, 3.8) is 0 Å². The Hall–Kier alpha value is -0.340. The number of hydrogen-bond acceptors (Lipinski definition) is 2. The first-order valence-corrected chi connectivity index (χ1v) is 5.24. The molecule has 0 amide bonds. The summed E-state index contributed by atoms with van der Waals surface area (Å²) in [5, 5.41) is 0. The Morgan fingerprint density at radius 3 is 2.62 bits per heavy atom. The topological polar surface area (TPSA) is 29.3 Å². The average molecular weight is 182 g/mol. The Labute approximate surface area is 81.8 Å². The molecule has 0 bridgehead atoms. The van der Waals surface area contributed by atoms with Crippen LogP contribution in [0.5, 0.6) is 0 Å². The molecule has 1 atom stereocenters. The van der Waals surface area contributed by atoms with Gasteiger partial charge in [-0.25, -0.2) is 0 Å². The molecule has 1 heterocycles. The minimum absolute atomic E-state index is 0.646. The fraction of sp³-hybridized carbons (Fsp3) is 0.818. The van der Waals surface area contributed by atoms with Gasteiger partial charge in [0.05, 0.1) is 0 Å². The normalized spacial score (nSPS) is 22.2. The van der Waals surface area contributed by atoms with Crippen LogP contribution in [0.4, 0.5) is 0 Å². The van der Waals surface area contributed by atoms with Crippen molar-refractivity contribution in [2.45, 2.75) is 39.7 Å². The van der Waals surface area contributed by atoms with Gasteiger partial charge in [-0.05, 0) is 40.2 Å². The summed E-state index contributed by atoms with van der Waals surface area (Å²) >= 11 is 0. The van der Waals surface area contributed by atoms with E-state index in [4.69, 9.17) is 5.73 Å². The summed E-state index contributed by atoms with van der Waals surface area (Å²) in [4.78, 5) is 2.54. The lowest BCUT2D eigenvalue weighted by atomic mass is 10.0. The van der Waals surface area contributed by atoms with Gasteiger partial charge in [-0.1, -0.05) is 11.1 Å². The standard InChI is InChI=1S/C11H22N2/c1-9-5-7-13(8-10(9)2)11(3)4-6-12/h11H,4-8,12H2,1-3H3. The molecule has 0 aromatic rings. The largest absolute Gasteiger partial charge is 0.330 e. The predicted octanol–water partition coefficient (Wildman–Crippen LogP) is 1.77. The van der Waals surface area contributed by atoms with E-state index in [0.29, 0.717) is 6.04 Å². The van der Waals surface area contributed by atoms with Crippen LogP contribution in [0, 0.1) is 0 Å². The van der Waals surface area contributed by atoms with Gasteiger partial charge in [0.15, 0.2) is 0 Å². The Morgan fingerprint density at radius 1 is 1.38 bits per heavy atom. The van der Waals surface area contributed by atoms with Crippen LogP contribution in [0.2, 0.25) is 0 Å². The van der Waals surface area contributed by atoms with Gasteiger partial charge in [-0.2, -0.15) is 0 Å². The first kappa shape index (κ1) is 10.7. The van der Waals surface area contributed by atoms with Crippen LogP contribution in [0.15, 0.2) is 11.1 Å². The average Bonchev–Trinajstić information content (AvgIpc) is 2.10. The summed E-state index contributed by atoms with van der Waals surface area (Å²) < 4.78 is 0. The first-order chi connectivity index (χ1) is 6.15. The molecule has 76 valence electrons.